The zero-order chi connectivity index (χ0) is 13.2. The number of alkyl halides is 3. The second-order valence-electron chi connectivity index (χ2n) is 3.34. The molecule has 0 aliphatic carbocycles. The molecule has 0 saturated carbocycles. The molecule has 8 heteroatoms. The fourth-order valence-corrected chi connectivity index (χ4v) is 2.02. The van der Waals surface area contributed by atoms with E-state index >= 15 is 0 Å². The lowest BCUT2D eigenvalue weighted by atomic mass is 10.2. The van der Waals surface area contributed by atoms with E-state index in [9.17, 15) is 13.2 Å². The summed E-state index contributed by atoms with van der Waals surface area (Å²) in [6, 6.07) is 1.70. The molecule has 0 fully saturated rings. The Kier molecular flexibility index (Phi) is 3.72. The molecule has 2 heterocycles. The number of aromatic nitrogens is 2. The SMILES string of the molecule is FC(F)(F)c1cc(Cl)nc(NCc2nccs2)c1. The number of nitrogens with one attached hydrogen (secondary N) is 1. The fraction of sp³-hybridized carbons (Fsp3) is 0.200. The van der Waals surface area contributed by atoms with Crippen LogP contribution < -0.4 is 5.32 Å². The Morgan fingerprint density at radius 3 is 2.72 bits per heavy atom. The molecule has 2 aromatic rings. The lowest BCUT2D eigenvalue weighted by Gasteiger charge is -2.10. The molecule has 2 aromatic heterocycles. The van der Waals surface area contributed by atoms with Crippen LogP contribution in [0.3, 0.4) is 0 Å². The van der Waals surface area contributed by atoms with Crippen molar-refractivity contribution in [3.05, 3.63) is 39.4 Å². The van der Waals surface area contributed by atoms with E-state index in [4.69, 9.17) is 11.6 Å². The molecule has 1 N–H and O–H groups in total. The summed E-state index contributed by atoms with van der Waals surface area (Å²) in [7, 11) is 0. The molecule has 0 amide bonds. The molecule has 0 bridgehead atoms. The van der Waals surface area contributed by atoms with Crippen LogP contribution in [-0.4, -0.2) is 9.97 Å². The number of hydrogen-bond acceptors (Lipinski definition) is 4. The van der Waals surface area contributed by atoms with Gasteiger partial charge in [-0.15, -0.1) is 11.3 Å². The minimum Gasteiger partial charge on any atom is -0.363 e. The summed E-state index contributed by atoms with van der Waals surface area (Å²) in [6.45, 7) is 0.308. The van der Waals surface area contributed by atoms with Crippen LogP contribution in [0.1, 0.15) is 10.6 Å². The van der Waals surface area contributed by atoms with E-state index < -0.39 is 11.7 Å². The van der Waals surface area contributed by atoms with Gasteiger partial charge < -0.3 is 5.32 Å². The van der Waals surface area contributed by atoms with Crippen molar-refractivity contribution in [1.82, 2.24) is 9.97 Å². The Morgan fingerprint density at radius 2 is 2.11 bits per heavy atom. The molecule has 3 nitrogen and oxygen atoms in total. The van der Waals surface area contributed by atoms with Gasteiger partial charge in [0.1, 0.15) is 16.0 Å². The monoisotopic (exact) mass is 293 g/mol. The van der Waals surface area contributed by atoms with Crippen molar-refractivity contribution in [1.29, 1.82) is 0 Å². The molecule has 0 unspecified atom stereocenters. The van der Waals surface area contributed by atoms with Crippen LogP contribution in [0.2, 0.25) is 5.15 Å². The molecule has 0 aliphatic heterocycles. The van der Waals surface area contributed by atoms with Gasteiger partial charge in [-0.3, -0.25) is 0 Å². The van der Waals surface area contributed by atoms with Gasteiger partial charge in [0.25, 0.3) is 0 Å². The number of pyridine rings is 1. The summed E-state index contributed by atoms with van der Waals surface area (Å²) in [4.78, 5) is 7.78. The second-order valence-corrected chi connectivity index (χ2v) is 4.71. The zero-order valence-electron chi connectivity index (χ0n) is 8.83. The lowest BCUT2D eigenvalue weighted by Crippen LogP contribution is -2.08. The summed E-state index contributed by atoms with van der Waals surface area (Å²) < 4.78 is 37.6. The van der Waals surface area contributed by atoms with E-state index in [-0.39, 0.29) is 11.0 Å². The normalized spacial score (nSPS) is 11.6. The Morgan fingerprint density at radius 1 is 1.33 bits per heavy atom. The van der Waals surface area contributed by atoms with Crippen molar-refractivity contribution < 1.29 is 13.2 Å². The van der Waals surface area contributed by atoms with Crippen LogP contribution in [0.5, 0.6) is 0 Å². The topological polar surface area (TPSA) is 37.8 Å². The number of nitrogens with zero attached hydrogens (tertiary/aromatic N) is 2. The minimum absolute atomic E-state index is 0.0741. The number of anilines is 1. The van der Waals surface area contributed by atoms with Crippen molar-refractivity contribution in [3.8, 4) is 0 Å². The van der Waals surface area contributed by atoms with Crippen LogP contribution in [0.25, 0.3) is 0 Å². The summed E-state index contributed by atoms with van der Waals surface area (Å²) in [5.74, 6) is 0.0741. The molecule has 0 radical (unpaired) electrons. The number of hydrogen-bond donors (Lipinski definition) is 1. The molecule has 2 rings (SSSR count). The van der Waals surface area contributed by atoms with E-state index in [0.29, 0.717) is 6.54 Å². The summed E-state index contributed by atoms with van der Waals surface area (Å²) in [5.41, 5.74) is -0.830. The minimum atomic E-state index is -4.44. The largest absolute Gasteiger partial charge is 0.416 e. The average Bonchev–Trinajstić information content (AvgIpc) is 2.77. The third kappa shape index (κ3) is 3.33. The van der Waals surface area contributed by atoms with E-state index in [1.165, 1.54) is 11.3 Å². The maximum atomic E-state index is 12.5. The molecule has 96 valence electrons. The summed E-state index contributed by atoms with van der Waals surface area (Å²) >= 11 is 6.95. The summed E-state index contributed by atoms with van der Waals surface area (Å²) in [5, 5.41) is 5.09. The predicted molar refractivity (Wildman–Crippen MR) is 63.7 cm³/mol. The van der Waals surface area contributed by atoms with Gasteiger partial charge in [-0.1, -0.05) is 11.6 Å². The highest BCUT2D eigenvalue weighted by molar-refractivity contribution is 7.09. The zero-order valence-corrected chi connectivity index (χ0v) is 10.4. The van der Waals surface area contributed by atoms with Crippen LogP contribution >= 0.6 is 22.9 Å². The molecule has 0 spiro atoms. The van der Waals surface area contributed by atoms with Crippen molar-refractivity contribution in [2.75, 3.05) is 5.32 Å². The molecular formula is C10H7ClF3N3S. The van der Waals surface area contributed by atoms with E-state index in [2.05, 4.69) is 15.3 Å². The van der Waals surface area contributed by atoms with E-state index in [1.54, 1.807) is 11.6 Å². The maximum Gasteiger partial charge on any atom is 0.416 e. The van der Waals surface area contributed by atoms with Gasteiger partial charge in [-0.2, -0.15) is 13.2 Å². The quantitative estimate of drug-likeness (QED) is 0.874. The molecule has 0 aromatic carbocycles. The predicted octanol–water partition coefficient (Wildman–Crippen LogP) is 3.82. The van der Waals surface area contributed by atoms with Crippen LogP contribution in [-0.2, 0) is 12.7 Å². The standard InChI is InChI=1S/C10H7ClF3N3S/c11-7-3-6(10(12,13)14)4-8(17-7)16-5-9-15-1-2-18-9/h1-4H,5H2,(H,16,17). The maximum absolute atomic E-state index is 12.5. The number of rotatable bonds is 3. The van der Waals surface area contributed by atoms with E-state index in [1.807, 2.05) is 0 Å². The Bertz CT molecular complexity index is 528. The van der Waals surface area contributed by atoms with Gasteiger partial charge in [-0.05, 0) is 12.1 Å². The van der Waals surface area contributed by atoms with Crippen LogP contribution in [0.15, 0.2) is 23.7 Å². The van der Waals surface area contributed by atoms with Crippen molar-refractivity contribution >= 4 is 28.8 Å². The first-order chi connectivity index (χ1) is 8.45. The van der Waals surface area contributed by atoms with Gasteiger partial charge in [0, 0.05) is 11.6 Å². The van der Waals surface area contributed by atoms with Gasteiger partial charge in [0.05, 0.1) is 12.1 Å². The van der Waals surface area contributed by atoms with Crippen LogP contribution in [0.4, 0.5) is 19.0 Å². The highest BCUT2D eigenvalue weighted by Gasteiger charge is 2.31. The van der Waals surface area contributed by atoms with Crippen molar-refractivity contribution in [3.63, 3.8) is 0 Å². The Hall–Kier alpha value is -1.34. The van der Waals surface area contributed by atoms with Gasteiger partial charge in [-0.25, -0.2) is 9.97 Å². The molecule has 18 heavy (non-hydrogen) atoms. The highest BCUT2D eigenvalue weighted by Crippen LogP contribution is 2.32. The first kappa shape index (κ1) is 13.1. The van der Waals surface area contributed by atoms with Crippen molar-refractivity contribution in [2.24, 2.45) is 0 Å². The van der Waals surface area contributed by atoms with Gasteiger partial charge in [0.15, 0.2) is 0 Å². The van der Waals surface area contributed by atoms with Gasteiger partial charge in [0.2, 0.25) is 0 Å². The fourth-order valence-electron chi connectivity index (χ4n) is 1.26. The average molecular weight is 294 g/mol. The smallest absolute Gasteiger partial charge is 0.363 e. The first-order valence-corrected chi connectivity index (χ1v) is 6.08. The molecule has 0 saturated heterocycles. The third-order valence-electron chi connectivity index (χ3n) is 2.03. The highest BCUT2D eigenvalue weighted by atomic mass is 35.5. The lowest BCUT2D eigenvalue weighted by molar-refractivity contribution is -0.137. The first-order valence-electron chi connectivity index (χ1n) is 4.82. The Balaban J connectivity index is 2.15. The summed E-state index contributed by atoms with van der Waals surface area (Å²) in [6.07, 6.45) is -2.82. The molecular weight excluding hydrogens is 287 g/mol. The van der Waals surface area contributed by atoms with Crippen molar-refractivity contribution in [2.45, 2.75) is 12.7 Å². The number of thiazole rings is 1. The third-order valence-corrected chi connectivity index (χ3v) is 3.00. The number of halogens is 4. The van der Waals surface area contributed by atoms with Crippen LogP contribution in [0, 0.1) is 0 Å². The molecule has 0 aliphatic rings. The molecule has 0 atom stereocenters. The second kappa shape index (κ2) is 5.11. The Labute approximate surface area is 110 Å². The van der Waals surface area contributed by atoms with Gasteiger partial charge >= 0.3 is 6.18 Å². The van der Waals surface area contributed by atoms with E-state index in [0.717, 1.165) is 17.1 Å².